The number of esters is 1. The number of amides is 1. The van der Waals surface area contributed by atoms with Crippen molar-refractivity contribution in [1.29, 1.82) is 0 Å². The Hall–Kier alpha value is -3.02. The monoisotopic (exact) mass is 385 g/mol. The second-order valence-electron chi connectivity index (χ2n) is 6.51. The van der Waals surface area contributed by atoms with Gasteiger partial charge in [-0.25, -0.2) is 4.79 Å². The molecular weight excluding hydrogens is 358 g/mol. The number of hydrogen-bond acceptors (Lipinski definition) is 5. The second kappa shape index (κ2) is 9.78. The average molecular weight is 385 g/mol. The molecule has 0 aliphatic carbocycles. The molecule has 1 amide bonds. The highest BCUT2D eigenvalue weighted by Crippen LogP contribution is 2.28. The topological polar surface area (TPSA) is 73.9 Å². The van der Waals surface area contributed by atoms with Gasteiger partial charge in [0.1, 0.15) is 0 Å². The lowest BCUT2D eigenvalue weighted by Crippen LogP contribution is -2.31. The molecule has 0 heterocycles. The van der Waals surface area contributed by atoms with Crippen LogP contribution in [0.25, 0.3) is 0 Å². The van der Waals surface area contributed by atoms with Gasteiger partial charge in [0.2, 0.25) is 0 Å². The molecule has 2 aromatic carbocycles. The van der Waals surface area contributed by atoms with Gasteiger partial charge in [0.15, 0.2) is 18.1 Å². The fraction of sp³-hybridized carbons (Fsp3) is 0.364. The summed E-state index contributed by atoms with van der Waals surface area (Å²) in [5, 5.41) is 2.84. The number of carbonyl (C=O) groups excluding carboxylic acids is 2. The Morgan fingerprint density at radius 2 is 1.79 bits per heavy atom. The highest BCUT2D eigenvalue weighted by atomic mass is 16.5. The summed E-state index contributed by atoms with van der Waals surface area (Å²) in [5.41, 5.74) is 3.65. The minimum Gasteiger partial charge on any atom is -0.493 e. The van der Waals surface area contributed by atoms with Crippen LogP contribution in [0.2, 0.25) is 0 Å². The number of rotatable bonds is 8. The summed E-state index contributed by atoms with van der Waals surface area (Å²) < 4.78 is 15.8. The van der Waals surface area contributed by atoms with Crippen LogP contribution in [0.4, 0.5) is 0 Å². The molecular formula is C22H27NO5. The summed E-state index contributed by atoms with van der Waals surface area (Å²) in [7, 11) is 1.52. The van der Waals surface area contributed by atoms with Crippen molar-refractivity contribution < 1.29 is 23.8 Å². The first-order valence-corrected chi connectivity index (χ1v) is 9.20. The van der Waals surface area contributed by atoms with Gasteiger partial charge in [-0.3, -0.25) is 4.79 Å². The Morgan fingerprint density at radius 1 is 1.04 bits per heavy atom. The third-order valence-electron chi connectivity index (χ3n) is 4.44. The van der Waals surface area contributed by atoms with Gasteiger partial charge in [0.25, 0.3) is 5.91 Å². The third kappa shape index (κ3) is 5.49. The van der Waals surface area contributed by atoms with Gasteiger partial charge in [0, 0.05) is 0 Å². The van der Waals surface area contributed by atoms with Crippen LogP contribution in [0.1, 0.15) is 46.9 Å². The number of carbonyl (C=O) groups is 2. The van der Waals surface area contributed by atoms with Crippen molar-refractivity contribution in [1.82, 2.24) is 5.32 Å². The predicted molar refractivity (Wildman–Crippen MR) is 107 cm³/mol. The smallest absolute Gasteiger partial charge is 0.338 e. The van der Waals surface area contributed by atoms with E-state index in [1.54, 1.807) is 18.2 Å². The number of aryl methyl sites for hydroxylation is 2. The molecule has 0 aromatic heterocycles. The normalized spacial score (nSPS) is 11.5. The number of ether oxygens (including phenoxy) is 3. The maximum absolute atomic E-state index is 12.2. The summed E-state index contributed by atoms with van der Waals surface area (Å²) in [6.07, 6.45) is 0. The van der Waals surface area contributed by atoms with Crippen molar-refractivity contribution in [3.8, 4) is 11.5 Å². The lowest BCUT2D eigenvalue weighted by atomic mass is 10.0. The highest BCUT2D eigenvalue weighted by Gasteiger charge is 2.15. The summed E-state index contributed by atoms with van der Waals surface area (Å²) in [6.45, 7) is 7.88. The van der Waals surface area contributed by atoms with Crippen molar-refractivity contribution in [2.24, 2.45) is 0 Å². The molecule has 2 aromatic rings. The molecule has 0 saturated carbocycles. The van der Waals surface area contributed by atoms with E-state index in [-0.39, 0.29) is 18.6 Å². The molecule has 1 unspecified atom stereocenters. The van der Waals surface area contributed by atoms with E-state index < -0.39 is 5.97 Å². The SMILES string of the molecule is CCOc1cc(C(=O)OCC(=O)NC(C)c2ccc(C)c(C)c2)ccc1OC. The zero-order valence-electron chi connectivity index (χ0n) is 17.0. The zero-order chi connectivity index (χ0) is 20.7. The van der Waals surface area contributed by atoms with Gasteiger partial charge >= 0.3 is 5.97 Å². The summed E-state index contributed by atoms with van der Waals surface area (Å²) in [6, 6.07) is 10.6. The van der Waals surface area contributed by atoms with E-state index in [1.807, 2.05) is 45.9 Å². The molecule has 0 aliphatic heterocycles. The van der Waals surface area contributed by atoms with Crippen LogP contribution in [0.15, 0.2) is 36.4 Å². The van der Waals surface area contributed by atoms with Crippen LogP contribution < -0.4 is 14.8 Å². The van der Waals surface area contributed by atoms with E-state index in [0.29, 0.717) is 23.7 Å². The second-order valence-corrected chi connectivity index (χ2v) is 6.51. The Morgan fingerprint density at radius 3 is 2.43 bits per heavy atom. The molecule has 6 heteroatoms. The molecule has 0 fully saturated rings. The molecule has 1 atom stereocenters. The van der Waals surface area contributed by atoms with E-state index in [2.05, 4.69) is 5.32 Å². The molecule has 0 bridgehead atoms. The van der Waals surface area contributed by atoms with Crippen molar-refractivity contribution in [2.75, 3.05) is 20.3 Å². The number of methoxy groups -OCH3 is 1. The van der Waals surface area contributed by atoms with Crippen LogP contribution in [-0.2, 0) is 9.53 Å². The molecule has 28 heavy (non-hydrogen) atoms. The molecule has 2 rings (SSSR count). The lowest BCUT2D eigenvalue weighted by molar-refractivity contribution is -0.124. The van der Waals surface area contributed by atoms with E-state index in [4.69, 9.17) is 14.2 Å². The molecule has 0 spiro atoms. The number of benzene rings is 2. The Bertz CT molecular complexity index is 847. The summed E-state index contributed by atoms with van der Waals surface area (Å²) in [4.78, 5) is 24.4. The minimum absolute atomic E-state index is 0.184. The summed E-state index contributed by atoms with van der Waals surface area (Å²) in [5.74, 6) is 0.0147. The number of hydrogen-bond donors (Lipinski definition) is 1. The predicted octanol–water partition coefficient (Wildman–Crippen LogP) is 3.74. The minimum atomic E-state index is -0.599. The molecule has 0 saturated heterocycles. The van der Waals surface area contributed by atoms with E-state index >= 15 is 0 Å². The van der Waals surface area contributed by atoms with Gasteiger partial charge in [-0.05, 0) is 62.6 Å². The fourth-order valence-electron chi connectivity index (χ4n) is 2.69. The highest BCUT2D eigenvalue weighted by molar-refractivity contribution is 5.92. The van der Waals surface area contributed by atoms with Gasteiger partial charge in [-0.15, -0.1) is 0 Å². The lowest BCUT2D eigenvalue weighted by Gasteiger charge is -2.16. The molecule has 1 N–H and O–H groups in total. The molecule has 6 nitrogen and oxygen atoms in total. The molecule has 0 aliphatic rings. The Labute approximate surface area is 165 Å². The van der Waals surface area contributed by atoms with Crippen molar-refractivity contribution in [2.45, 2.75) is 33.7 Å². The summed E-state index contributed by atoms with van der Waals surface area (Å²) >= 11 is 0. The van der Waals surface area contributed by atoms with Gasteiger partial charge in [-0.2, -0.15) is 0 Å². The van der Waals surface area contributed by atoms with Crippen LogP contribution in [-0.4, -0.2) is 32.2 Å². The van der Waals surface area contributed by atoms with Crippen molar-refractivity contribution in [3.05, 3.63) is 58.7 Å². The third-order valence-corrected chi connectivity index (χ3v) is 4.44. The first-order valence-electron chi connectivity index (χ1n) is 9.20. The standard InChI is InChI=1S/C22H27NO5/c1-6-27-20-12-18(9-10-19(20)26-5)22(25)28-13-21(24)23-16(4)17-8-7-14(2)15(3)11-17/h7-12,16H,6,13H2,1-5H3,(H,23,24). The van der Waals surface area contributed by atoms with Crippen LogP contribution in [0, 0.1) is 13.8 Å². The first-order chi connectivity index (χ1) is 13.3. The van der Waals surface area contributed by atoms with Gasteiger partial charge in [0.05, 0.1) is 25.3 Å². The van der Waals surface area contributed by atoms with Crippen LogP contribution in [0.3, 0.4) is 0 Å². The first kappa shape index (κ1) is 21.3. The average Bonchev–Trinajstić information content (AvgIpc) is 2.68. The fourth-order valence-corrected chi connectivity index (χ4v) is 2.69. The Kier molecular flexibility index (Phi) is 7.44. The van der Waals surface area contributed by atoms with Gasteiger partial charge in [-0.1, -0.05) is 18.2 Å². The largest absolute Gasteiger partial charge is 0.493 e. The van der Waals surface area contributed by atoms with E-state index in [1.165, 1.54) is 12.7 Å². The maximum atomic E-state index is 12.2. The van der Waals surface area contributed by atoms with Crippen LogP contribution >= 0.6 is 0 Å². The van der Waals surface area contributed by atoms with Crippen LogP contribution in [0.5, 0.6) is 11.5 Å². The molecule has 150 valence electrons. The zero-order valence-corrected chi connectivity index (χ0v) is 17.0. The Balaban J connectivity index is 1.93. The van der Waals surface area contributed by atoms with Gasteiger partial charge < -0.3 is 19.5 Å². The van der Waals surface area contributed by atoms with Crippen molar-refractivity contribution >= 4 is 11.9 Å². The van der Waals surface area contributed by atoms with E-state index in [0.717, 1.165) is 11.1 Å². The number of nitrogens with one attached hydrogen (secondary N) is 1. The quantitative estimate of drug-likeness (QED) is 0.701. The van der Waals surface area contributed by atoms with Crippen molar-refractivity contribution in [3.63, 3.8) is 0 Å². The molecule has 0 radical (unpaired) electrons. The van der Waals surface area contributed by atoms with E-state index in [9.17, 15) is 9.59 Å². The maximum Gasteiger partial charge on any atom is 0.338 e.